The Balaban J connectivity index is 1.84. The number of methoxy groups -OCH3 is 1. The molecular weight excluding hydrogens is 308 g/mol. The molecule has 3 rings (SSSR count). The van der Waals surface area contributed by atoms with Gasteiger partial charge in [-0.15, -0.1) is 0 Å². The van der Waals surface area contributed by atoms with Crippen molar-refractivity contribution in [3.05, 3.63) is 50.3 Å². The lowest BCUT2D eigenvalue weighted by atomic mass is 9.95. The summed E-state index contributed by atoms with van der Waals surface area (Å²) in [5, 5.41) is 6.13. The first-order valence-electron chi connectivity index (χ1n) is 8.16. The average molecular weight is 328 g/mol. The lowest BCUT2D eigenvalue weighted by Gasteiger charge is -2.25. The van der Waals surface area contributed by atoms with E-state index in [9.17, 15) is 14.4 Å². The highest BCUT2D eigenvalue weighted by Gasteiger charge is 2.25. The highest BCUT2D eigenvalue weighted by molar-refractivity contribution is 5.97. The minimum absolute atomic E-state index is 0.221. The van der Waals surface area contributed by atoms with Crippen LogP contribution in [0, 0.1) is 0 Å². The second-order valence-corrected chi connectivity index (χ2v) is 6.05. The topological polar surface area (TPSA) is 84.5 Å². The van der Waals surface area contributed by atoms with Crippen molar-refractivity contribution in [1.82, 2.24) is 0 Å². The molecule has 126 valence electrons. The zero-order valence-electron chi connectivity index (χ0n) is 13.6. The number of rotatable bonds is 5. The van der Waals surface area contributed by atoms with Gasteiger partial charge in [0.15, 0.2) is 0 Å². The number of anilines is 3. The minimum atomic E-state index is -0.562. The third-order valence-electron chi connectivity index (χ3n) is 4.46. The number of carbonyl (C=O) groups is 1. The molecule has 6 nitrogen and oxygen atoms in total. The summed E-state index contributed by atoms with van der Waals surface area (Å²) in [6, 6.07) is 6.95. The largest absolute Gasteiger partial charge is 0.465 e. The predicted molar refractivity (Wildman–Crippen MR) is 92.9 cm³/mol. The molecule has 1 aliphatic rings. The second kappa shape index (κ2) is 6.86. The van der Waals surface area contributed by atoms with E-state index in [1.165, 1.54) is 13.5 Å². The normalized spacial score (nSPS) is 15.2. The van der Waals surface area contributed by atoms with Crippen molar-refractivity contribution < 1.29 is 9.53 Å². The van der Waals surface area contributed by atoms with Crippen molar-refractivity contribution >= 4 is 23.0 Å². The molecule has 0 saturated heterocycles. The lowest BCUT2D eigenvalue weighted by Crippen LogP contribution is -2.39. The van der Waals surface area contributed by atoms with Crippen LogP contribution >= 0.6 is 0 Å². The molecule has 0 bridgehead atoms. The number of para-hydroxylation sites is 1. The Bertz CT molecular complexity index is 815. The highest BCUT2D eigenvalue weighted by atomic mass is 16.5. The van der Waals surface area contributed by atoms with Crippen molar-refractivity contribution in [3.8, 4) is 0 Å². The monoisotopic (exact) mass is 328 g/mol. The van der Waals surface area contributed by atoms with E-state index in [0.717, 1.165) is 25.7 Å². The lowest BCUT2D eigenvalue weighted by molar-refractivity contribution is 0.0602. The van der Waals surface area contributed by atoms with Crippen LogP contribution in [0.1, 0.15) is 42.5 Å². The number of hydrogen-bond acceptors (Lipinski definition) is 6. The number of esters is 1. The molecule has 0 atom stereocenters. The van der Waals surface area contributed by atoms with Gasteiger partial charge in [-0.3, -0.25) is 9.59 Å². The van der Waals surface area contributed by atoms with E-state index in [1.54, 1.807) is 24.3 Å². The van der Waals surface area contributed by atoms with Gasteiger partial charge in [0.25, 0.3) is 10.9 Å². The molecular formula is C18H20N2O4. The van der Waals surface area contributed by atoms with E-state index in [4.69, 9.17) is 4.74 Å². The average Bonchev–Trinajstić information content (AvgIpc) is 2.64. The third-order valence-corrected chi connectivity index (χ3v) is 4.46. The number of hydrogen-bond donors (Lipinski definition) is 2. The van der Waals surface area contributed by atoms with E-state index in [0.29, 0.717) is 16.9 Å². The molecule has 1 saturated carbocycles. The quantitative estimate of drug-likeness (QED) is 0.648. The standard InChI is InChI=1S/C18H20N2O4/c1-24-18(23)12-9-5-6-10-13(12)20-15-14(16(21)17(15)22)19-11-7-3-2-4-8-11/h5-6,9-11,19-20H,2-4,7-8H2,1H3. The molecule has 2 aromatic carbocycles. The van der Waals surface area contributed by atoms with Crippen LogP contribution in [-0.4, -0.2) is 19.1 Å². The van der Waals surface area contributed by atoms with Crippen LogP contribution in [0.2, 0.25) is 0 Å². The summed E-state index contributed by atoms with van der Waals surface area (Å²) in [6.45, 7) is 0. The Labute approximate surface area is 139 Å². The van der Waals surface area contributed by atoms with Gasteiger partial charge in [0.1, 0.15) is 11.4 Å². The number of benzene rings is 1. The van der Waals surface area contributed by atoms with Gasteiger partial charge in [0.05, 0.1) is 18.4 Å². The van der Waals surface area contributed by atoms with Crippen LogP contribution in [0.5, 0.6) is 0 Å². The molecule has 0 amide bonds. The second-order valence-electron chi connectivity index (χ2n) is 6.05. The molecule has 1 fully saturated rings. The first-order chi connectivity index (χ1) is 11.6. The van der Waals surface area contributed by atoms with Crippen molar-refractivity contribution in [2.75, 3.05) is 17.7 Å². The molecule has 0 heterocycles. The number of carbonyl (C=O) groups excluding carboxylic acids is 1. The zero-order chi connectivity index (χ0) is 17.1. The van der Waals surface area contributed by atoms with Gasteiger partial charge in [0.2, 0.25) is 0 Å². The minimum Gasteiger partial charge on any atom is -0.465 e. The van der Waals surface area contributed by atoms with Gasteiger partial charge < -0.3 is 15.4 Å². The Morgan fingerprint density at radius 2 is 1.71 bits per heavy atom. The summed E-state index contributed by atoms with van der Waals surface area (Å²) in [6.07, 6.45) is 5.46. The fourth-order valence-electron chi connectivity index (χ4n) is 3.11. The van der Waals surface area contributed by atoms with Crippen LogP contribution in [-0.2, 0) is 4.74 Å². The maximum absolute atomic E-state index is 11.9. The van der Waals surface area contributed by atoms with Crippen LogP contribution < -0.4 is 21.5 Å². The maximum atomic E-state index is 11.9. The molecule has 24 heavy (non-hydrogen) atoms. The summed E-state index contributed by atoms with van der Waals surface area (Å²) in [7, 11) is 1.30. The van der Waals surface area contributed by atoms with E-state index in [2.05, 4.69) is 10.6 Å². The third kappa shape index (κ3) is 3.04. The molecule has 0 unspecified atom stereocenters. The van der Waals surface area contributed by atoms with Crippen LogP contribution in [0.3, 0.4) is 0 Å². The Kier molecular flexibility index (Phi) is 4.64. The van der Waals surface area contributed by atoms with E-state index in [1.807, 2.05) is 0 Å². The van der Waals surface area contributed by atoms with Crippen LogP contribution in [0.4, 0.5) is 17.1 Å². The molecule has 0 radical (unpaired) electrons. The van der Waals surface area contributed by atoms with Gasteiger partial charge in [-0.2, -0.15) is 0 Å². The number of ether oxygens (including phenoxy) is 1. The van der Waals surface area contributed by atoms with E-state index in [-0.39, 0.29) is 11.7 Å². The van der Waals surface area contributed by atoms with Crippen LogP contribution in [0.15, 0.2) is 33.9 Å². The molecule has 0 aliphatic heterocycles. The van der Waals surface area contributed by atoms with Gasteiger partial charge in [-0.1, -0.05) is 31.4 Å². The van der Waals surface area contributed by atoms with Crippen molar-refractivity contribution in [3.63, 3.8) is 0 Å². The molecule has 2 aromatic rings. The van der Waals surface area contributed by atoms with E-state index < -0.39 is 16.8 Å². The summed E-state index contributed by atoms with van der Waals surface area (Å²) in [5.74, 6) is -0.501. The maximum Gasteiger partial charge on any atom is 0.339 e. The SMILES string of the molecule is COC(=O)c1ccccc1Nc1c(NC2CCCCC2)c(=O)c1=O. The first-order valence-corrected chi connectivity index (χ1v) is 8.16. The fourth-order valence-corrected chi connectivity index (χ4v) is 3.11. The molecule has 0 spiro atoms. The zero-order valence-corrected chi connectivity index (χ0v) is 13.6. The summed E-state index contributed by atoms with van der Waals surface area (Å²) >= 11 is 0. The molecule has 1 aliphatic carbocycles. The molecule has 2 N–H and O–H groups in total. The molecule has 0 aromatic heterocycles. The Morgan fingerprint density at radius 3 is 2.42 bits per heavy atom. The summed E-state index contributed by atoms with van der Waals surface area (Å²) < 4.78 is 4.74. The summed E-state index contributed by atoms with van der Waals surface area (Å²) in [4.78, 5) is 35.7. The van der Waals surface area contributed by atoms with Gasteiger partial charge in [0, 0.05) is 6.04 Å². The van der Waals surface area contributed by atoms with Gasteiger partial charge in [-0.25, -0.2) is 4.79 Å². The van der Waals surface area contributed by atoms with Crippen molar-refractivity contribution in [2.45, 2.75) is 38.1 Å². The van der Waals surface area contributed by atoms with Crippen molar-refractivity contribution in [1.29, 1.82) is 0 Å². The smallest absolute Gasteiger partial charge is 0.339 e. The fraction of sp³-hybridized carbons (Fsp3) is 0.389. The van der Waals surface area contributed by atoms with Crippen LogP contribution in [0.25, 0.3) is 0 Å². The van der Waals surface area contributed by atoms with Gasteiger partial charge >= 0.3 is 5.97 Å². The first kappa shape index (κ1) is 16.2. The molecule has 6 heteroatoms. The Morgan fingerprint density at radius 1 is 1.04 bits per heavy atom. The predicted octanol–water partition coefficient (Wildman–Crippen LogP) is 2.56. The van der Waals surface area contributed by atoms with Crippen molar-refractivity contribution in [2.24, 2.45) is 0 Å². The Hall–Kier alpha value is -2.63. The van der Waals surface area contributed by atoms with Gasteiger partial charge in [-0.05, 0) is 25.0 Å². The summed E-state index contributed by atoms with van der Waals surface area (Å²) in [5.41, 5.74) is 0.250. The highest BCUT2D eigenvalue weighted by Crippen LogP contribution is 2.27. The van der Waals surface area contributed by atoms with E-state index >= 15 is 0 Å². The number of nitrogens with one attached hydrogen (secondary N) is 2.